The van der Waals surface area contributed by atoms with E-state index in [1.165, 1.54) is 12.1 Å². The third kappa shape index (κ3) is 5.01. The Hall–Kier alpha value is -2.50. The van der Waals surface area contributed by atoms with E-state index in [-0.39, 0.29) is 6.54 Å². The van der Waals surface area contributed by atoms with Crippen LogP contribution in [0.2, 0.25) is 0 Å². The average molecular weight is 337 g/mol. The molecule has 24 heavy (non-hydrogen) atoms. The van der Waals surface area contributed by atoms with E-state index >= 15 is 0 Å². The van der Waals surface area contributed by atoms with E-state index in [2.05, 4.69) is 5.32 Å². The van der Waals surface area contributed by atoms with E-state index in [1.807, 2.05) is 19.1 Å². The van der Waals surface area contributed by atoms with Gasteiger partial charge in [0.25, 0.3) is 5.91 Å². The predicted octanol–water partition coefficient (Wildman–Crippen LogP) is 4.10. The monoisotopic (exact) mass is 337 g/mol. The van der Waals surface area contributed by atoms with Crippen molar-refractivity contribution in [3.63, 3.8) is 0 Å². The number of halogens is 3. The quantitative estimate of drug-likeness (QED) is 0.892. The number of carbonyl (C=O) groups is 1. The van der Waals surface area contributed by atoms with Crippen LogP contribution < -0.4 is 10.1 Å². The SMILES string of the molecule is Cc1cccc(O[C@H](C)C(=O)NCc2cccc(C(F)(F)F)c2)c1. The first-order valence-corrected chi connectivity index (χ1v) is 7.43. The summed E-state index contributed by atoms with van der Waals surface area (Å²) in [7, 11) is 0. The number of ether oxygens (including phenoxy) is 1. The molecule has 0 heterocycles. The fraction of sp³-hybridized carbons (Fsp3) is 0.278. The summed E-state index contributed by atoms with van der Waals surface area (Å²) in [5.74, 6) is 0.172. The Kier molecular flexibility index (Phi) is 5.49. The van der Waals surface area contributed by atoms with E-state index in [9.17, 15) is 18.0 Å². The molecule has 0 aromatic heterocycles. The van der Waals surface area contributed by atoms with Gasteiger partial charge in [0.15, 0.2) is 6.10 Å². The molecule has 1 amide bonds. The highest BCUT2D eigenvalue weighted by Gasteiger charge is 2.30. The smallest absolute Gasteiger partial charge is 0.416 e. The number of alkyl halides is 3. The van der Waals surface area contributed by atoms with Gasteiger partial charge in [0, 0.05) is 6.54 Å². The third-order valence-corrected chi connectivity index (χ3v) is 3.39. The lowest BCUT2D eigenvalue weighted by Gasteiger charge is -2.15. The molecule has 0 unspecified atom stereocenters. The molecule has 0 fully saturated rings. The summed E-state index contributed by atoms with van der Waals surface area (Å²) in [6.45, 7) is 3.50. The Balaban J connectivity index is 1.93. The lowest BCUT2D eigenvalue weighted by atomic mass is 10.1. The summed E-state index contributed by atoms with van der Waals surface area (Å²) in [4.78, 5) is 12.0. The first kappa shape index (κ1) is 17.8. The second-order valence-corrected chi connectivity index (χ2v) is 5.49. The molecule has 2 aromatic rings. The molecule has 0 bridgehead atoms. The van der Waals surface area contributed by atoms with Gasteiger partial charge in [-0.25, -0.2) is 0 Å². The molecular weight excluding hydrogens is 319 g/mol. The van der Waals surface area contributed by atoms with Crippen LogP contribution in [0.15, 0.2) is 48.5 Å². The van der Waals surface area contributed by atoms with Crippen LogP contribution in [-0.4, -0.2) is 12.0 Å². The number of hydrogen-bond donors (Lipinski definition) is 1. The molecule has 1 atom stereocenters. The first-order valence-electron chi connectivity index (χ1n) is 7.43. The Morgan fingerprint density at radius 1 is 1.17 bits per heavy atom. The minimum atomic E-state index is -4.40. The average Bonchev–Trinajstić information content (AvgIpc) is 2.52. The molecule has 0 saturated carbocycles. The van der Waals surface area contributed by atoms with E-state index < -0.39 is 23.8 Å². The molecule has 0 aliphatic heterocycles. The standard InChI is InChI=1S/C18H18F3NO2/c1-12-5-3-8-16(9-12)24-13(2)17(23)22-11-14-6-4-7-15(10-14)18(19,20)21/h3-10,13H,11H2,1-2H3,(H,22,23)/t13-/m1/s1. The number of nitrogens with one attached hydrogen (secondary N) is 1. The molecule has 0 spiro atoms. The zero-order valence-corrected chi connectivity index (χ0v) is 13.4. The molecule has 0 aliphatic carbocycles. The van der Waals surface area contributed by atoms with E-state index in [0.717, 1.165) is 17.7 Å². The number of amides is 1. The van der Waals surface area contributed by atoms with Crippen LogP contribution in [0.25, 0.3) is 0 Å². The zero-order chi connectivity index (χ0) is 17.7. The molecule has 0 aliphatic rings. The molecule has 3 nitrogen and oxygen atoms in total. The van der Waals surface area contributed by atoms with E-state index in [0.29, 0.717) is 11.3 Å². The van der Waals surface area contributed by atoms with Crippen molar-refractivity contribution in [3.05, 3.63) is 65.2 Å². The van der Waals surface area contributed by atoms with Crippen molar-refractivity contribution in [1.82, 2.24) is 5.32 Å². The van der Waals surface area contributed by atoms with Gasteiger partial charge in [-0.05, 0) is 49.2 Å². The van der Waals surface area contributed by atoms with Crippen molar-refractivity contribution < 1.29 is 22.7 Å². The van der Waals surface area contributed by atoms with Gasteiger partial charge in [-0.2, -0.15) is 13.2 Å². The number of aryl methyl sites for hydroxylation is 1. The Labute approximate surface area is 138 Å². The maximum absolute atomic E-state index is 12.7. The van der Waals surface area contributed by atoms with Crippen LogP contribution in [0.1, 0.15) is 23.6 Å². The summed E-state index contributed by atoms with van der Waals surface area (Å²) in [5, 5.41) is 2.58. The highest BCUT2D eigenvalue weighted by atomic mass is 19.4. The molecule has 128 valence electrons. The van der Waals surface area contributed by atoms with Crippen LogP contribution in [0, 0.1) is 6.92 Å². The maximum atomic E-state index is 12.7. The summed E-state index contributed by atoms with van der Waals surface area (Å²) < 4.78 is 43.5. The van der Waals surface area contributed by atoms with Crippen molar-refractivity contribution >= 4 is 5.91 Å². The molecule has 0 radical (unpaired) electrons. The van der Waals surface area contributed by atoms with Crippen LogP contribution in [0.3, 0.4) is 0 Å². The molecule has 0 saturated heterocycles. The van der Waals surface area contributed by atoms with E-state index in [4.69, 9.17) is 4.74 Å². The Morgan fingerprint density at radius 3 is 2.54 bits per heavy atom. The highest BCUT2D eigenvalue weighted by molar-refractivity contribution is 5.80. The fourth-order valence-corrected chi connectivity index (χ4v) is 2.14. The second kappa shape index (κ2) is 7.38. The Morgan fingerprint density at radius 2 is 1.88 bits per heavy atom. The first-order chi connectivity index (χ1) is 11.3. The zero-order valence-electron chi connectivity index (χ0n) is 13.4. The van der Waals surface area contributed by atoms with Gasteiger partial charge < -0.3 is 10.1 Å². The number of benzene rings is 2. The number of rotatable bonds is 5. The van der Waals surface area contributed by atoms with Gasteiger partial charge >= 0.3 is 6.18 Å². The van der Waals surface area contributed by atoms with Gasteiger partial charge in [-0.1, -0.05) is 24.3 Å². The van der Waals surface area contributed by atoms with Crippen LogP contribution in [0.4, 0.5) is 13.2 Å². The highest BCUT2D eigenvalue weighted by Crippen LogP contribution is 2.29. The van der Waals surface area contributed by atoms with Crippen molar-refractivity contribution in [1.29, 1.82) is 0 Å². The molecular formula is C18H18F3NO2. The topological polar surface area (TPSA) is 38.3 Å². The van der Waals surface area contributed by atoms with Crippen molar-refractivity contribution in [2.75, 3.05) is 0 Å². The summed E-state index contributed by atoms with van der Waals surface area (Å²) in [5.41, 5.74) is 0.642. The number of hydrogen-bond acceptors (Lipinski definition) is 2. The minimum absolute atomic E-state index is 0.00424. The molecule has 1 N–H and O–H groups in total. The number of carbonyl (C=O) groups excluding carboxylic acids is 1. The van der Waals surface area contributed by atoms with Gasteiger partial charge in [0.05, 0.1) is 5.56 Å². The normalized spacial score (nSPS) is 12.5. The summed E-state index contributed by atoms with van der Waals surface area (Å²) >= 11 is 0. The predicted molar refractivity (Wildman–Crippen MR) is 84.6 cm³/mol. The van der Waals surface area contributed by atoms with Gasteiger partial charge in [0.2, 0.25) is 0 Å². The van der Waals surface area contributed by atoms with Gasteiger partial charge in [-0.3, -0.25) is 4.79 Å². The lowest BCUT2D eigenvalue weighted by molar-refractivity contribution is -0.137. The van der Waals surface area contributed by atoms with Crippen molar-refractivity contribution in [3.8, 4) is 5.75 Å². The van der Waals surface area contributed by atoms with E-state index in [1.54, 1.807) is 19.1 Å². The fourth-order valence-electron chi connectivity index (χ4n) is 2.14. The van der Waals surface area contributed by atoms with Gasteiger partial charge in [0.1, 0.15) is 5.75 Å². The summed E-state index contributed by atoms with van der Waals surface area (Å²) in [6, 6.07) is 12.1. The third-order valence-electron chi connectivity index (χ3n) is 3.39. The lowest BCUT2D eigenvalue weighted by Crippen LogP contribution is -2.35. The Bertz CT molecular complexity index is 713. The van der Waals surface area contributed by atoms with Crippen LogP contribution >= 0.6 is 0 Å². The largest absolute Gasteiger partial charge is 0.481 e. The van der Waals surface area contributed by atoms with Crippen molar-refractivity contribution in [2.24, 2.45) is 0 Å². The van der Waals surface area contributed by atoms with Crippen LogP contribution in [0.5, 0.6) is 5.75 Å². The molecule has 2 aromatic carbocycles. The maximum Gasteiger partial charge on any atom is 0.416 e. The summed E-state index contributed by atoms with van der Waals surface area (Å²) in [6.07, 6.45) is -5.15. The molecule has 6 heteroatoms. The molecule has 2 rings (SSSR count). The minimum Gasteiger partial charge on any atom is -0.481 e. The second-order valence-electron chi connectivity index (χ2n) is 5.49. The van der Waals surface area contributed by atoms with Crippen molar-refractivity contribution in [2.45, 2.75) is 32.7 Å². The van der Waals surface area contributed by atoms with Crippen LogP contribution in [-0.2, 0) is 17.5 Å². The van der Waals surface area contributed by atoms with Gasteiger partial charge in [-0.15, -0.1) is 0 Å².